The minimum absolute atomic E-state index is 0.293. The highest BCUT2D eigenvalue weighted by Crippen LogP contribution is 2.25. The van der Waals surface area contributed by atoms with Crippen molar-refractivity contribution in [3.05, 3.63) is 58.2 Å². The van der Waals surface area contributed by atoms with E-state index in [-0.39, 0.29) is 5.56 Å². The van der Waals surface area contributed by atoms with Gasteiger partial charge in [0.25, 0.3) is 5.91 Å². The Bertz CT molecular complexity index is 1420. The molecule has 14 heteroatoms. The smallest absolute Gasteiger partial charge is 0.340 e. The molecule has 2 aromatic rings. The second-order valence-corrected chi connectivity index (χ2v) is 11.3. The van der Waals surface area contributed by atoms with Gasteiger partial charge in [-0.1, -0.05) is 26.0 Å². The number of hydrogen-bond donors (Lipinski definition) is 2. The number of guanidine groups is 1. The first-order chi connectivity index (χ1) is 16.5. The Morgan fingerprint density at radius 1 is 0.833 bits per heavy atom. The van der Waals surface area contributed by atoms with Crippen LogP contribution in [0.1, 0.15) is 45.7 Å². The molecule has 10 nitrogen and oxygen atoms in total. The predicted molar refractivity (Wildman–Crippen MR) is 129 cm³/mol. The molecular formula is C22H27F2N3O7S2. The van der Waals surface area contributed by atoms with Gasteiger partial charge in [-0.05, 0) is 36.1 Å². The van der Waals surface area contributed by atoms with Gasteiger partial charge in [0.15, 0.2) is 37.3 Å². The van der Waals surface area contributed by atoms with E-state index in [1.165, 1.54) is 18.2 Å². The highest BCUT2D eigenvalue weighted by molar-refractivity contribution is 7.91. The molecular weight excluding hydrogens is 520 g/mol. The van der Waals surface area contributed by atoms with E-state index in [0.29, 0.717) is 24.0 Å². The van der Waals surface area contributed by atoms with Gasteiger partial charge in [-0.15, -0.1) is 0 Å². The number of aryl methyl sites for hydroxylation is 2. The number of halogens is 2. The van der Waals surface area contributed by atoms with Crippen LogP contribution in [0, 0.1) is 11.6 Å². The summed E-state index contributed by atoms with van der Waals surface area (Å²) in [5.74, 6) is -4.61. The molecule has 0 saturated carbocycles. The van der Waals surface area contributed by atoms with Gasteiger partial charge in [0.1, 0.15) is 9.79 Å². The number of esters is 1. The van der Waals surface area contributed by atoms with E-state index in [1.54, 1.807) is 13.8 Å². The fourth-order valence-electron chi connectivity index (χ4n) is 3.16. The minimum atomic E-state index is -3.80. The van der Waals surface area contributed by atoms with Gasteiger partial charge < -0.3 is 16.2 Å². The Kier molecular flexibility index (Phi) is 10.2. The Morgan fingerprint density at radius 2 is 1.22 bits per heavy atom. The zero-order valence-corrected chi connectivity index (χ0v) is 21.9. The molecule has 0 aliphatic carbocycles. The molecule has 4 N–H and O–H groups in total. The lowest BCUT2D eigenvalue weighted by molar-refractivity contribution is 0.0594. The molecule has 0 radical (unpaired) electrons. The molecule has 0 fully saturated rings. The molecule has 0 saturated heterocycles. The number of ether oxygens (including phenoxy) is 1. The summed E-state index contributed by atoms with van der Waals surface area (Å²) in [6.45, 7) is 3.39. The van der Waals surface area contributed by atoms with Crippen LogP contribution in [-0.4, -0.2) is 54.3 Å². The summed E-state index contributed by atoms with van der Waals surface area (Å²) >= 11 is 0. The summed E-state index contributed by atoms with van der Waals surface area (Å²) in [5, 5.41) is 0. The molecule has 0 aliphatic heterocycles. The second kappa shape index (κ2) is 12.0. The third-order valence-electron chi connectivity index (χ3n) is 4.73. The van der Waals surface area contributed by atoms with E-state index in [9.17, 15) is 35.2 Å². The molecule has 0 unspecified atom stereocenters. The number of nitrogens with zero attached hydrogens (tertiary/aromatic N) is 1. The average molecular weight is 548 g/mol. The van der Waals surface area contributed by atoms with Gasteiger partial charge in [0, 0.05) is 12.5 Å². The van der Waals surface area contributed by atoms with Crippen molar-refractivity contribution in [1.82, 2.24) is 0 Å². The van der Waals surface area contributed by atoms with E-state index < -0.39 is 64.5 Å². The molecule has 198 valence electrons. The van der Waals surface area contributed by atoms with Crippen molar-refractivity contribution in [2.24, 2.45) is 16.5 Å². The number of rotatable bonds is 6. The van der Waals surface area contributed by atoms with Crippen LogP contribution in [-0.2, 0) is 37.3 Å². The molecule has 0 heterocycles. The largest absolute Gasteiger partial charge is 0.465 e. The maximum Gasteiger partial charge on any atom is 0.340 e. The zero-order chi connectivity index (χ0) is 28.0. The number of sulfone groups is 2. The lowest BCUT2D eigenvalue weighted by atomic mass is 10.1. The van der Waals surface area contributed by atoms with Gasteiger partial charge in [-0.2, -0.15) is 4.99 Å². The molecule has 0 aromatic heterocycles. The molecule has 36 heavy (non-hydrogen) atoms. The summed E-state index contributed by atoms with van der Waals surface area (Å²) in [7, 11) is -6.42. The van der Waals surface area contributed by atoms with E-state index in [1.807, 2.05) is 0 Å². The van der Waals surface area contributed by atoms with Crippen molar-refractivity contribution in [3.63, 3.8) is 0 Å². The number of benzene rings is 2. The van der Waals surface area contributed by atoms with Crippen molar-refractivity contribution >= 4 is 37.5 Å². The first-order valence-corrected chi connectivity index (χ1v) is 14.0. The SMILES string of the molecule is CCc1ccc(C(=O)N=C(N)N)c(F)c1S(C)(=O)=O.CCc1ccc(C(=O)OC)c(F)c1S(C)(=O)=O. The topological polar surface area (TPSA) is 176 Å². The Labute approximate surface area is 208 Å². The highest BCUT2D eigenvalue weighted by Gasteiger charge is 2.25. The number of carbonyl (C=O) groups is 2. The van der Waals surface area contributed by atoms with Gasteiger partial charge in [-0.3, -0.25) is 4.79 Å². The normalized spacial score (nSPS) is 11.2. The maximum atomic E-state index is 14.2. The molecule has 1 amide bonds. The monoisotopic (exact) mass is 547 g/mol. The molecule has 0 spiro atoms. The number of carbonyl (C=O) groups excluding carboxylic acids is 2. The Balaban J connectivity index is 0.000000362. The third kappa shape index (κ3) is 7.31. The second-order valence-electron chi connectivity index (χ2n) is 7.42. The van der Waals surface area contributed by atoms with Crippen LogP contribution in [0.25, 0.3) is 0 Å². The number of methoxy groups -OCH3 is 1. The number of hydrogen-bond acceptors (Lipinski definition) is 7. The first-order valence-electron chi connectivity index (χ1n) is 10.3. The highest BCUT2D eigenvalue weighted by atomic mass is 32.2. The number of aliphatic imine (C=N–C) groups is 1. The van der Waals surface area contributed by atoms with Crippen LogP contribution < -0.4 is 11.5 Å². The van der Waals surface area contributed by atoms with Gasteiger partial charge in [-0.25, -0.2) is 30.4 Å². The average Bonchev–Trinajstić information content (AvgIpc) is 2.75. The lowest BCUT2D eigenvalue weighted by Crippen LogP contribution is -2.24. The summed E-state index contributed by atoms with van der Waals surface area (Å²) < 4.78 is 78.7. The molecule has 2 aromatic carbocycles. The van der Waals surface area contributed by atoms with Crippen molar-refractivity contribution in [2.45, 2.75) is 36.5 Å². The van der Waals surface area contributed by atoms with Crippen molar-refractivity contribution in [2.75, 3.05) is 19.6 Å². The van der Waals surface area contributed by atoms with Crippen LogP contribution in [0.2, 0.25) is 0 Å². The van der Waals surface area contributed by atoms with Crippen LogP contribution in [0.5, 0.6) is 0 Å². The summed E-state index contributed by atoms with van der Waals surface area (Å²) in [5.41, 5.74) is 9.84. The summed E-state index contributed by atoms with van der Waals surface area (Å²) in [4.78, 5) is 25.1. The van der Waals surface area contributed by atoms with Crippen LogP contribution in [0.15, 0.2) is 39.0 Å². The van der Waals surface area contributed by atoms with Gasteiger partial charge >= 0.3 is 5.97 Å². The lowest BCUT2D eigenvalue weighted by Gasteiger charge is -2.10. The van der Waals surface area contributed by atoms with E-state index in [4.69, 9.17) is 11.5 Å². The van der Waals surface area contributed by atoms with E-state index >= 15 is 0 Å². The first kappa shape index (κ1) is 30.6. The quantitative estimate of drug-likeness (QED) is 0.310. The Morgan fingerprint density at radius 3 is 1.56 bits per heavy atom. The standard InChI is InChI=1S/C11H14FN3O3S.C11H13FO4S/c1-3-6-4-5-7(10(16)15-11(13)14)8(12)9(6)19(2,17)18;1-4-7-5-6-8(11(13)16-2)9(12)10(7)17(3,14)15/h4-5H,3H2,1-2H3,(H4,13,14,15,16);5-6H,4H2,1-3H3. The minimum Gasteiger partial charge on any atom is -0.465 e. The summed E-state index contributed by atoms with van der Waals surface area (Å²) in [6.07, 6.45) is 2.46. The van der Waals surface area contributed by atoms with E-state index in [2.05, 4.69) is 9.73 Å². The fourth-order valence-corrected chi connectivity index (χ4v) is 5.41. The number of amides is 1. The van der Waals surface area contributed by atoms with Crippen LogP contribution >= 0.6 is 0 Å². The van der Waals surface area contributed by atoms with Crippen molar-refractivity contribution in [1.29, 1.82) is 0 Å². The molecule has 0 atom stereocenters. The molecule has 2 rings (SSSR count). The third-order valence-corrected chi connectivity index (χ3v) is 7.09. The van der Waals surface area contributed by atoms with Crippen LogP contribution in [0.3, 0.4) is 0 Å². The van der Waals surface area contributed by atoms with Gasteiger partial charge in [0.2, 0.25) is 0 Å². The zero-order valence-electron chi connectivity index (χ0n) is 20.3. The predicted octanol–water partition coefficient (Wildman–Crippen LogP) is 1.78. The molecule has 0 aliphatic rings. The maximum absolute atomic E-state index is 14.2. The number of nitrogens with two attached hydrogens (primary N) is 2. The molecule has 0 bridgehead atoms. The van der Waals surface area contributed by atoms with Gasteiger partial charge in [0.05, 0.1) is 18.2 Å². The Hall–Kier alpha value is -3.39. The van der Waals surface area contributed by atoms with Crippen molar-refractivity contribution in [3.8, 4) is 0 Å². The van der Waals surface area contributed by atoms with Crippen molar-refractivity contribution < 1.29 is 39.9 Å². The van der Waals surface area contributed by atoms with E-state index in [0.717, 1.165) is 25.7 Å². The fraction of sp³-hybridized carbons (Fsp3) is 0.318. The van der Waals surface area contributed by atoms with Crippen LogP contribution in [0.4, 0.5) is 8.78 Å². The summed E-state index contributed by atoms with van der Waals surface area (Å²) in [6, 6.07) is 5.19.